The Kier molecular flexibility index (Phi) is 8.48. The topological polar surface area (TPSA) is 67.9 Å². The number of ether oxygens (including phenoxy) is 2. The van der Waals surface area contributed by atoms with E-state index in [9.17, 15) is 14.0 Å². The molecule has 0 bridgehead atoms. The third kappa shape index (κ3) is 6.22. The fourth-order valence-corrected chi connectivity index (χ4v) is 4.04. The van der Waals surface area contributed by atoms with Crippen molar-refractivity contribution < 1.29 is 23.5 Å². The van der Waals surface area contributed by atoms with E-state index in [4.69, 9.17) is 9.47 Å². The van der Waals surface area contributed by atoms with Gasteiger partial charge < -0.3 is 19.7 Å². The summed E-state index contributed by atoms with van der Waals surface area (Å²) in [6, 6.07) is 12.8. The molecule has 0 aliphatic heterocycles. The summed E-state index contributed by atoms with van der Waals surface area (Å²) in [5, 5.41) is 3.10. The van der Waals surface area contributed by atoms with Gasteiger partial charge in [0.2, 0.25) is 5.91 Å². The Hall–Kier alpha value is -3.09. The standard InChI is InChI=1S/C25H31FN2O4/c1-3-22(25(30)27-19-10-4-5-11-19)28(16-18-9-8-12-20(15-18)31-2)24(29)17-32-23-14-7-6-13-21(23)26/h6-9,12-15,19,22H,3-5,10-11,16-17H2,1-2H3,(H,27,30). The number of rotatable bonds is 10. The van der Waals surface area contributed by atoms with Gasteiger partial charge >= 0.3 is 0 Å². The minimum Gasteiger partial charge on any atom is -0.497 e. The fraction of sp³-hybridized carbons (Fsp3) is 0.440. The first-order chi connectivity index (χ1) is 15.5. The first-order valence-electron chi connectivity index (χ1n) is 11.1. The summed E-state index contributed by atoms with van der Waals surface area (Å²) in [6.07, 6.45) is 4.58. The van der Waals surface area contributed by atoms with Crippen molar-refractivity contribution in [2.45, 2.75) is 57.7 Å². The molecule has 1 saturated carbocycles. The third-order valence-electron chi connectivity index (χ3n) is 5.76. The summed E-state index contributed by atoms with van der Waals surface area (Å²) in [6.45, 7) is 1.73. The van der Waals surface area contributed by atoms with Crippen LogP contribution >= 0.6 is 0 Å². The molecule has 1 aliphatic carbocycles. The molecule has 0 radical (unpaired) electrons. The molecule has 1 fully saturated rings. The molecule has 0 spiro atoms. The predicted octanol–water partition coefficient (Wildman–Crippen LogP) is 4.08. The Morgan fingerprint density at radius 3 is 2.59 bits per heavy atom. The molecule has 7 heteroatoms. The van der Waals surface area contributed by atoms with Crippen LogP contribution in [0.2, 0.25) is 0 Å². The van der Waals surface area contributed by atoms with Crippen molar-refractivity contribution >= 4 is 11.8 Å². The summed E-state index contributed by atoms with van der Waals surface area (Å²) >= 11 is 0. The lowest BCUT2D eigenvalue weighted by atomic mass is 10.1. The van der Waals surface area contributed by atoms with Crippen molar-refractivity contribution in [3.8, 4) is 11.5 Å². The highest BCUT2D eigenvalue weighted by atomic mass is 19.1. The smallest absolute Gasteiger partial charge is 0.261 e. The van der Waals surface area contributed by atoms with Gasteiger partial charge in [-0.05, 0) is 49.1 Å². The highest BCUT2D eigenvalue weighted by molar-refractivity contribution is 5.88. The van der Waals surface area contributed by atoms with Gasteiger partial charge in [-0.15, -0.1) is 0 Å². The lowest BCUT2D eigenvalue weighted by Crippen LogP contribution is -2.52. The van der Waals surface area contributed by atoms with Crippen molar-refractivity contribution in [1.82, 2.24) is 10.2 Å². The number of nitrogens with zero attached hydrogens (tertiary/aromatic N) is 1. The van der Waals surface area contributed by atoms with Crippen molar-refractivity contribution in [2.75, 3.05) is 13.7 Å². The van der Waals surface area contributed by atoms with Gasteiger partial charge in [-0.2, -0.15) is 0 Å². The second kappa shape index (κ2) is 11.5. The first-order valence-corrected chi connectivity index (χ1v) is 11.1. The van der Waals surface area contributed by atoms with Crippen LogP contribution in [0.15, 0.2) is 48.5 Å². The molecule has 172 valence electrons. The number of methoxy groups -OCH3 is 1. The maximum absolute atomic E-state index is 13.9. The van der Waals surface area contributed by atoms with E-state index >= 15 is 0 Å². The molecule has 2 aromatic rings. The minimum absolute atomic E-state index is 0.00522. The SMILES string of the molecule is CCC(C(=O)NC1CCCC1)N(Cc1cccc(OC)c1)C(=O)COc1ccccc1F. The summed E-state index contributed by atoms with van der Waals surface area (Å²) in [4.78, 5) is 27.8. The Morgan fingerprint density at radius 2 is 1.91 bits per heavy atom. The maximum atomic E-state index is 13.9. The molecule has 2 amide bonds. The van der Waals surface area contributed by atoms with Gasteiger partial charge in [0.1, 0.15) is 11.8 Å². The van der Waals surface area contributed by atoms with E-state index in [0.717, 1.165) is 31.2 Å². The Morgan fingerprint density at radius 1 is 1.16 bits per heavy atom. The number of carbonyl (C=O) groups is 2. The van der Waals surface area contributed by atoms with Crippen LogP contribution in [-0.4, -0.2) is 42.5 Å². The van der Waals surface area contributed by atoms with E-state index in [-0.39, 0.29) is 36.8 Å². The molecule has 2 aromatic carbocycles. The number of nitrogens with one attached hydrogen (secondary N) is 1. The zero-order valence-corrected chi connectivity index (χ0v) is 18.7. The zero-order chi connectivity index (χ0) is 22.9. The lowest BCUT2D eigenvalue weighted by molar-refractivity contribution is -0.143. The van der Waals surface area contributed by atoms with E-state index in [2.05, 4.69) is 5.32 Å². The number of hydrogen-bond donors (Lipinski definition) is 1. The quantitative estimate of drug-likeness (QED) is 0.602. The number of benzene rings is 2. The van der Waals surface area contributed by atoms with Crippen LogP contribution in [0.1, 0.15) is 44.6 Å². The van der Waals surface area contributed by atoms with Gasteiger partial charge in [0.15, 0.2) is 18.2 Å². The van der Waals surface area contributed by atoms with Gasteiger partial charge in [-0.3, -0.25) is 9.59 Å². The van der Waals surface area contributed by atoms with Crippen LogP contribution < -0.4 is 14.8 Å². The molecule has 32 heavy (non-hydrogen) atoms. The van der Waals surface area contributed by atoms with Crippen molar-refractivity contribution in [3.05, 3.63) is 59.9 Å². The molecule has 3 rings (SSSR count). The summed E-state index contributed by atoms with van der Waals surface area (Å²) in [7, 11) is 1.58. The first kappa shape index (κ1) is 23.6. The summed E-state index contributed by atoms with van der Waals surface area (Å²) < 4.78 is 24.7. The largest absolute Gasteiger partial charge is 0.497 e. The molecular formula is C25H31FN2O4. The number of carbonyl (C=O) groups excluding carboxylic acids is 2. The van der Waals surface area contributed by atoms with Crippen LogP contribution in [0.25, 0.3) is 0 Å². The van der Waals surface area contributed by atoms with Crippen LogP contribution in [-0.2, 0) is 16.1 Å². The molecular weight excluding hydrogens is 411 g/mol. The lowest BCUT2D eigenvalue weighted by Gasteiger charge is -2.31. The van der Waals surface area contributed by atoms with E-state index in [1.54, 1.807) is 19.2 Å². The zero-order valence-electron chi connectivity index (χ0n) is 18.7. The van der Waals surface area contributed by atoms with Gasteiger partial charge in [0.25, 0.3) is 5.91 Å². The number of hydrogen-bond acceptors (Lipinski definition) is 4. The van der Waals surface area contributed by atoms with Crippen LogP contribution in [0.3, 0.4) is 0 Å². The van der Waals surface area contributed by atoms with Gasteiger partial charge in [-0.1, -0.05) is 44.0 Å². The second-order valence-corrected chi connectivity index (χ2v) is 8.01. The van der Waals surface area contributed by atoms with Gasteiger partial charge in [0.05, 0.1) is 7.11 Å². The van der Waals surface area contributed by atoms with E-state index in [1.807, 2.05) is 31.2 Å². The highest BCUT2D eigenvalue weighted by Gasteiger charge is 2.31. The highest BCUT2D eigenvalue weighted by Crippen LogP contribution is 2.21. The van der Waals surface area contributed by atoms with Gasteiger partial charge in [0, 0.05) is 12.6 Å². The van der Waals surface area contributed by atoms with E-state index < -0.39 is 11.9 Å². The predicted molar refractivity (Wildman–Crippen MR) is 120 cm³/mol. The number of amides is 2. The second-order valence-electron chi connectivity index (χ2n) is 8.01. The molecule has 1 N–H and O–H groups in total. The molecule has 0 aromatic heterocycles. The van der Waals surface area contributed by atoms with Crippen molar-refractivity contribution in [2.24, 2.45) is 0 Å². The molecule has 1 atom stereocenters. The fourth-order valence-electron chi connectivity index (χ4n) is 4.04. The number of halogens is 1. The average Bonchev–Trinajstić information content (AvgIpc) is 3.31. The van der Waals surface area contributed by atoms with Crippen molar-refractivity contribution in [1.29, 1.82) is 0 Å². The molecule has 0 saturated heterocycles. The van der Waals surface area contributed by atoms with E-state index in [0.29, 0.717) is 12.2 Å². The monoisotopic (exact) mass is 442 g/mol. The Balaban J connectivity index is 1.78. The molecule has 1 unspecified atom stereocenters. The van der Waals surface area contributed by atoms with Crippen LogP contribution in [0.4, 0.5) is 4.39 Å². The average molecular weight is 443 g/mol. The maximum Gasteiger partial charge on any atom is 0.261 e. The molecule has 1 aliphatic rings. The summed E-state index contributed by atoms with van der Waals surface area (Å²) in [5.41, 5.74) is 0.829. The Labute approximate surface area is 188 Å². The molecule has 0 heterocycles. The normalized spacial score (nSPS) is 14.6. The van der Waals surface area contributed by atoms with Crippen LogP contribution in [0, 0.1) is 5.82 Å². The minimum atomic E-state index is -0.654. The van der Waals surface area contributed by atoms with Gasteiger partial charge in [-0.25, -0.2) is 4.39 Å². The molecule has 6 nitrogen and oxygen atoms in total. The number of para-hydroxylation sites is 1. The third-order valence-corrected chi connectivity index (χ3v) is 5.76. The van der Waals surface area contributed by atoms with E-state index in [1.165, 1.54) is 17.0 Å². The van der Waals surface area contributed by atoms with Crippen molar-refractivity contribution in [3.63, 3.8) is 0 Å². The van der Waals surface area contributed by atoms with Crippen LogP contribution in [0.5, 0.6) is 11.5 Å². The summed E-state index contributed by atoms with van der Waals surface area (Å²) in [5.74, 6) is -0.414. The Bertz CT molecular complexity index is 914.